The molecular weight excluding hydrogens is 464 g/mol. The summed E-state index contributed by atoms with van der Waals surface area (Å²) in [4.78, 5) is 31.0. The third-order valence-corrected chi connectivity index (χ3v) is 6.56. The molecule has 1 aliphatic heterocycles. The first-order valence-corrected chi connectivity index (χ1v) is 12.2. The van der Waals surface area contributed by atoms with Crippen LogP contribution < -0.4 is 15.0 Å². The smallest absolute Gasteiger partial charge is 0.309 e. The minimum absolute atomic E-state index is 0.160. The maximum absolute atomic E-state index is 13.5. The summed E-state index contributed by atoms with van der Waals surface area (Å²) in [6, 6.07) is 4.94. The molecule has 11 nitrogen and oxygen atoms in total. The largest absolute Gasteiger partial charge is 0.493 e. The quantitative estimate of drug-likeness (QED) is 0.490. The highest BCUT2D eigenvalue weighted by Gasteiger charge is 2.36. The van der Waals surface area contributed by atoms with Gasteiger partial charge in [0, 0.05) is 30.1 Å². The number of methoxy groups -OCH3 is 2. The molecule has 1 atom stereocenters. The van der Waals surface area contributed by atoms with Crippen molar-refractivity contribution in [3.63, 3.8) is 0 Å². The van der Waals surface area contributed by atoms with Crippen molar-refractivity contribution in [2.24, 2.45) is 5.92 Å². The average Bonchev–Trinajstić information content (AvgIpc) is 3.34. The molecule has 3 heterocycles. The van der Waals surface area contributed by atoms with Crippen molar-refractivity contribution in [3.05, 3.63) is 39.9 Å². The van der Waals surface area contributed by atoms with E-state index < -0.39 is 11.6 Å². The number of piperidine rings is 1. The van der Waals surface area contributed by atoms with Gasteiger partial charge in [-0.05, 0) is 63.1 Å². The first kappa shape index (κ1) is 25.6. The van der Waals surface area contributed by atoms with Gasteiger partial charge in [-0.25, -0.2) is 4.68 Å². The number of likely N-dealkylation sites (tertiary alicyclic amines) is 1. The molecule has 0 spiro atoms. The zero-order chi connectivity index (χ0) is 26.0. The molecule has 1 aliphatic rings. The monoisotopic (exact) mass is 498 g/mol. The molecule has 1 N–H and O–H groups in total. The maximum Gasteiger partial charge on any atom is 0.309 e. The number of fused-ring (bicyclic) bond motifs is 1. The Kier molecular flexibility index (Phi) is 7.30. The highest BCUT2D eigenvalue weighted by Crippen LogP contribution is 2.35. The minimum Gasteiger partial charge on any atom is -0.493 e. The number of ether oxygens (including phenoxy) is 3. The summed E-state index contributed by atoms with van der Waals surface area (Å²) in [5.41, 5.74) is 0.512. The van der Waals surface area contributed by atoms with E-state index in [1.54, 1.807) is 25.0 Å². The van der Waals surface area contributed by atoms with Crippen molar-refractivity contribution in [1.29, 1.82) is 0 Å². The van der Waals surface area contributed by atoms with E-state index in [1.807, 2.05) is 39.8 Å². The second kappa shape index (κ2) is 10.3. The van der Waals surface area contributed by atoms with Gasteiger partial charge in [-0.3, -0.25) is 14.5 Å². The van der Waals surface area contributed by atoms with Crippen LogP contribution in [0.1, 0.15) is 58.0 Å². The van der Waals surface area contributed by atoms with Gasteiger partial charge in [0.05, 0.1) is 37.8 Å². The Hall–Kier alpha value is -3.47. The van der Waals surface area contributed by atoms with Crippen LogP contribution in [0.5, 0.6) is 11.5 Å². The molecule has 0 aliphatic carbocycles. The van der Waals surface area contributed by atoms with Crippen LogP contribution in [-0.2, 0) is 15.1 Å². The number of hydrogen-bond acceptors (Lipinski definition) is 9. The van der Waals surface area contributed by atoms with Crippen LogP contribution >= 0.6 is 0 Å². The number of H-pyrrole nitrogens is 1. The van der Waals surface area contributed by atoms with E-state index in [0.717, 1.165) is 5.39 Å². The molecular formula is C25H34N6O5. The van der Waals surface area contributed by atoms with E-state index in [2.05, 4.69) is 25.4 Å². The number of rotatable bonds is 7. The zero-order valence-electron chi connectivity index (χ0n) is 21.7. The topological polar surface area (TPSA) is 124 Å². The lowest BCUT2D eigenvalue weighted by Gasteiger charge is -2.37. The third kappa shape index (κ3) is 4.92. The summed E-state index contributed by atoms with van der Waals surface area (Å²) in [6.07, 6.45) is 1.26. The fraction of sp³-hybridized carbons (Fsp3) is 0.560. The van der Waals surface area contributed by atoms with Crippen molar-refractivity contribution < 1.29 is 19.0 Å². The molecule has 0 radical (unpaired) electrons. The van der Waals surface area contributed by atoms with E-state index in [9.17, 15) is 9.59 Å². The lowest BCUT2D eigenvalue weighted by molar-refractivity contribution is -0.149. The van der Waals surface area contributed by atoms with Crippen molar-refractivity contribution >= 4 is 16.9 Å². The Morgan fingerprint density at radius 3 is 2.42 bits per heavy atom. The molecule has 11 heteroatoms. The summed E-state index contributed by atoms with van der Waals surface area (Å²) in [7, 11) is 3.13. The molecule has 2 aromatic heterocycles. The number of nitrogens with one attached hydrogen (secondary N) is 1. The molecule has 4 rings (SSSR count). The second-order valence-corrected chi connectivity index (χ2v) is 9.93. The molecule has 0 amide bonds. The number of aromatic amines is 1. The first-order chi connectivity index (χ1) is 17.2. The Morgan fingerprint density at radius 2 is 1.81 bits per heavy atom. The van der Waals surface area contributed by atoms with Crippen molar-refractivity contribution in [3.8, 4) is 11.5 Å². The molecule has 3 aromatic rings. The number of esters is 1. The van der Waals surface area contributed by atoms with Crippen molar-refractivity contribution in [2.45, 2.75) is 52.1 Å². The van der Waals surface area contributed by atoms with Crippen LogP contribution in [0, 0.1) is 5.92 Å². The highest BCUT2D eigenvalue weighted by molar-refractivity contribution is 5.83. The van der Waals surface area contributed by atoms with Gasteiger partial charge in [0.25, 0.3) is 5.56 Å². The van der Waals surface area contributed by atoms with Gasteiger partial charge in [0.1, 0.15) is 6.04 Å². The van der Waals surface area contributed by atoms with Gasteiger partial charge in [-0.1, -0.05) is 0 Å². The molecule has 36 heavy (non-hydrogen) atoms. The van der Waals surface area contributed by atoms with Gasteiger partial charge in [-0.2, -0.15) is 0 Å². The Bertz CT molecular complexity index is 1290. The zero-order valence-corrected chi connectivity index (χ0v) is 21.7. The summed E-state index contributed by atoms with van der Waals surface area (Å²) in [5.74, 6) is 1.34. The molecule has 0 bridgehead atoms. The van der Waals surface area contributed by atoms with Gasteiger partial charge >= 0.3 is 5.97 Å². The SMILES string of the molecule is CCOC(=O)C1CCN([C@H](c2cc3cc(OC)c(OC)cc3[nH]c2=O)c2nnnn2C(C)(C)C)CC1. The van der Waals surface area contributed by atoms with E-state index in [-0.39, 0.29) is 17.4 Å². The van der Waals surface area contributed by atoms with Gasteiger partial charge in [-0.15, -0.1) is 5.10 Å². The van der Waals surface area contributed by atoms with Crippen LogP contribution in [-0.4, -0.2) is 70.0 Å². The summed E-state index contributed by atoms with van der Waals surface area (Å²) < 4.78 is 17.9. The number of benzene rings is 1. The standard InChI is InChI=1S/C25H34N6O5/c1-7-36-24(33)15-8-10-30(11-9-15)21(22-27-28-29-31(22)25(2,3)4)17-12-16-13-19(34-5)20(35-6)14-18(16)26-23(17)32/h12-15,21H,7-11H2,1-6H3,(H,26,32)/t21-/m1/s1. The fourth-order valence-electron chi connectivity index (χ4n) is 4.75. The normalized spacial score (nSPS) is 16.2. The molecule has 1 fully saturated rings. The van der Waals surface area contributed by atoms with E-state index in [4.69, 9.17) is 14.2 Å². The lowest BCUT2D eigenvalue weighted by Crippen LogP contribution is -2.43. The van der Waals surface area contributed by atoms with Crippen LogP contribution in [0.25, 0.3) is 10.9 Å². The van der Waals surface area contributed by atoms with E-state index >= 15 is 0 Å². The summed E-state index contributed by atoms with van der Waals surface area (Å²) >= 11 is 0. The van der Waals surface area contributed by atoms with Crippen molar-refractivity contribution in [1.82, 2.24) is 30.1 Å². The molecule has 0 unspecified atom stereocenters. The number of carbonyl (C=O) groups is 1. The Morgan fingerprint density at radius 1 is 1.14 bits per heavy atom. The van der Waals surface area contributed by atoms with Gasteiger partial charge in [0.2, 0.25) is 0 Å². The van der Waals surface area contributed by atoms with E-state index in [0.29, 0.717) is 60.9 Å². The Labute approximate surface area is 209 Å². The van der Waals surface area contributed by atoms with Crippen molar-refractivity contribution in [2.75, 3.05) is 33.9 Å². The minimum atomic E-state index is -0.511. The number of carbonyl (C=O) groups excluding carboxylic acids is 1. The number of tetrazole rings is 1. The van der Waals surface area contributed by atoms with E-state index in [1.165, 1.54) is 0 Å². The van der Waals surface area contributed by atoms with Gasteiger partial charge < -0.3 is 19.2 Å². The second-order valence-electron chi connectivity index (χ2n) is 9.93. The predicted molar refractivity (Wildman–Crippen MR) is 133 cm³/mol. The number of pyridine rings is 1. The van der Waals surface area contributed by atoms with Gasteiger partial charge in [0.15, 0.2) is 17.3 Å². The lowest BCUT2D eigenvalue weighted by atomic mass is 9.93. The van der Waals surface area contributed by atoms with Crippen LogP contribution in [0.4, 0.5) is 0 Å². The fourth-order valence-corrected chi connectivity index (χ4v) is 4.75. The maximum atomic E-state index is 13.5. The molecule has 1 aromatic carbocycles. The van der Waals surface area contributed by atoms with Crippen LogP contribution in [0.15, 0.2) is 23.0 Å². The van der Waals surface area contributed by atoms with Crippen LogP contribution in [0.2, 0.25) is 0 Å². The highest BCUT2D eigenvalue weighted by atomic mass is 16.5. The molecule has 0 saturated carbocycles. The predicted octanol–water partition coefficient (Wildman–Crippen LogP) is 2.65. The number of aromatic nitrogens is 5. The van der Waals surface area contributed by atoms with Crippen LogP contribution in [0.3, 0.4) is 0 Å². The molecule has 194 valence electrons. The number of hydrogen-bond donors (Lipinski definition) is 1. The summed E-state index contributed by atoms with van der Waals surface area (Å²) in [6.45, 7) is 9.40. The average molecular weight is 499 g/mol. The first-order valence-electron chi connectivity index (χ1n) is 12.2. The number of nitrogens with zero attached hydrogens (tertiary/aromatic N) is 5. The molecule has 1 saturated heterocycles. The Balaban J connectivity index is 1.81. The summed E-state index contributed by atoms with van der Waals surface area (Å²) in [5, 5.41) is 13.4. The third-order valence-electron chi connectivity index (χ3n) is 6.56.